The zero-order valence-corrected chi connectivity index (χ0v) is 15.5. The Morgan fingerprint density at radius 2 is 2.00 bits per heavy atom. The maximum Gasteiger partial charge on any atom is 0.234 e. The molecule has 2 aromatic heterocycles. The molecule has 134 valence electrons. The molecule has 1 amide bonds. The lowest BCUT2D eigenvalue weighted by Gasteiger charge is -2.34. The second-order valence-corrected chi connectivity index (χ2v) is 7.23. The highest BCUT2D eigenvalue weighted by Crippen LogP contribution is 2.18. The zero-order valence-electron chi connectivity index (χ0n) is 14.7. The third-order valence-electron chi connectivity index (χ3n) is 4.24. The van der Waals surface area contributed by atoms with Gasteiger partial charge in [0, 0.05) is 62.1 Å². The van der Waals surface area contributed by atoms with Gasteiger partial charge in [-0.25, -0.2) is 15.0 Å². The minimum absolute atomic E-state index is 0.0736. The SMILES string of the molecule is Cc1csc([C@H](C)CNC(=O)CN2CCN(c3ncccn3)CC2)n1. The van der Waals surface area contributed by atoms with Crippen molar-refractivity contribution in [2.45, 2.75) is 19.8 Å². The van der Waals surface area contributed by atoms with Crippen LogP contribution in [0.1, 0.15) is 23.5 Å². The summed E-state index contributed by atoms with van der Waals surface area (Å²) >= 11 is 1.65. The van der Waals surface area contributed by atoms with Crippen LogP contribution in [0.15, 0.2) is 23.8 Å². The number of aromatic nitrogens is 3. The number of hydrogen-bond donors (Lipinski definition) is 1. The van der Waals surface area contributed by atoms with E-state index in [1.54, 1.807) is 23.7 Å². The van der Waals surface area contributed by atoms with Crippen LogP contribution in [-0.2, 0) is 4.79 Å². The summed E-state index contributed by atoms with van der Waals surface area (Å²) in [6, 6.07) is 1.82. The molecule has 1 fully saturated rings. The number of nitrogens with one attached hydrogen (secondary N) is 1. The van der Waals surface area contributed by atoms with E-state index >= 15 is 0 Å². The molecule has 1 aliphatic rings. The molecule has 2 aromatic rings. The first-order valence-electron chi connectivity index (χ1n) is 8.55. The van der Waals surface area contributed by atoms with Gasteiger partial charge in [0.05, 0.1) is 11.6 Å². The Morgan fingerprint density at radius 1 is 1.28 bits per heavy atom. The van der Waals surface area contributed by atoms with Gasteiger partial charge >= 0.3 is 0 Å². The number of carbonyl (C=O) groups excluding carboxylic acids is 1. The first-order valence-corrected chi connectivity index (χ1v) is 9.43. The monoisotopic (exact) mass is 360 g/mol. The van der Waals surface area contributed by atoms with Crippen LogP contribution in [0.2, 0.25) is 0 Å². The lowest BCUT2D eigenvalue weighted by Crippen LogP contribution is -2.50. The molecular formula is C17H24N6OS. The first-order chi connectivity index (χ1) is 12.1. The van der Waals surface area contributed by atoms with E-state index in [2.05, 4.69) is 37.0 Å². The van der Waals surface area contributed by atoms with Crippen molar-refractivity contribution in [2.75, 3.05) is 44.2 Å². The molecule has 8 heteroatoms. The van der Waals surface area contributed by atoms with Crippen molar-refractivity contribution in [1.82, 2.24) is 25.2 Å². The summed E-state index contributed by atoms with van der Waals surface area (Å²) in [5.41, 5.74) is 1.04. The lowest BCUT2D eigenvalue weighted by atomic mass is 10.2. The minimum atomic E-state index is 0.0736. The molecule has 0 aliphatic carbocycles. The zero-order chi connectivity index (χ0) is 17.6. The van der Waals surface area contributed by atoms with E-state index in [1.165, 1.54) is 0 Å². The Bertz CT molecular complexity index is 683. The van der Waals surface area contributed by atoms with E-state index < -0.39 is 0 Å². The standard InChI is InChI=1S/C17H24N6OS/c1-13(16-21-14(2)12-25-16)10-20-15(24)11-22-6-8-23(9-7-22)17-18-4-3-5-19-17/h3-5,12-13H,6-11H2,1-2H3,(H,20,24)/t13-/m1/s1. The number of aryl methyl sites for hydroxylation is 1. The van der Waals surface area contributed by atoms with E-state index in [0.29, 0.717) is 13.1 Å². The highest BCUT2D eigenvalue weighted by Gasteiger charge is 2.20. The summed E-state index contributed by atoms with van der Waals surface area (Å²) in [6.45, 7) is 8.51. The average Bonchev–Trinajstić information content (AvgIpc) is 3.08. The topological polar surface area (TPSA) is 74.2 Å². The first kappa shape index (κ1) is 17.8. The second kappa shape index (κ2) is 8.35. The molecule has 1 saturated heterocycles. The Morgan fingerprint density at radius 3 is 2.64 bits per heavy atom. The number of thiazole rings is 1. The van der Waals surface area contributed by atoms with Crippen molar-refractivity contribution in [3.8, 4) is 0 Å². The lowest BCUT2D eigenvalue weighted by molar-refractivity contribution is -0.122. The van der Waals surface area contributed by atoms with Gasteiger partial charge in [-0.2, -0.15) is 0 Å². The molecule has 0 spiro atoms. The number of hydrogen-bond acceptors (Lipinski definition) is 7. The molecule has 0 aromatic carbocycles. The third kappa shape index (κ3) is 4.96. The molecule has 0 saturated carbocycles. The van der Waals surface area contributed by atoms with Crippen molar-refractivity contribution >= 4 is 23.2 Å². The largest absolute Gasteiger partial charge is 0.354 e. The summed E-state index contributed by atoms with van der Waals surface area (Å²) in [7, 11) is 0. The maximum atomic E-state index is 12.2. The van der Waals surface area contributed by atoms with E-state index in [0.717, 1.165) is 42.8 Å². The van der Waals surface area contributed by atoms with Crippen LogP contribution in [-0.4, -0.2) is 65.0 Å². The van der Waals surface area contributed by atoms with Gasteiger partial charge in [-0.15, -0.1) is 11.3 Å². The summed E-state index contributed by atoms with van der Waals surface area (Å²) in [4.78, 5) is 29.6. The summed E-state index contributed by atoms with van der Waals surface area (Å²) in [6.07, 6.45) is 3.51. The van der Waals surface area contributed by atoms with Crippen molar-refractivity contribution in [1.29, 1.82) is 0 Å². The van der Waals surface area contributed by atoms with Crippen molar-refractivity contribution in [2.24, 2.45) is 0 Å². The predicted octanol–water partition coefficient (Wildman–Crippen LogP) is 1.28. The molecule has 1 N–H and O–H groups in total. The number of anilines is 1. The van der Waals surface area contributed by atoms with Gasteiger partial charge in [-0.3, -0.25) is 9.69 Å². The Labute approximate surface area is 152 Å². The van der Waals surface area contributed by atoms with E-state index in [-0.39, 0.29) is 11.8 Å². The van der Waals surface area contributed by atoms with E-state index in [4.69, 9.17) is 0 Å². The fraction of sp³-hybridized carbons (Fsp3) is 0.529. The highest BCUT2D eigenvalue weighted by molar-refractivity contribution is 7.09. The van der Waals surface area contributed by atoms with Crippen LogP contribution < -0.4 is 10.2 Å². The molecule has 7 nitrogen and oxygen atoms in total. The number of carbonyl (C=O) groups is 1. The molecule has 0 unspecified atom stereocenters. The minimum Gasteiger partial charge on any atom is -0.354 e. The van der Waals surface area contributed by atoms with Crippen LogP contribution in [0, 0.1) is 6.92 Å². The molecule has 3 rings (SSSR count). The highest BCUT2D eigenvalue weighted by atomic mass is 32.1. The Hall–Kier alpha value is -2.06. The predicted molar refractivity (Wildman–Crippen MR) is 99.0 cm³/mol. The summed E-state index contributed by atoms with van der Waals surface area (Å²) in [5.74, 6) is 1.08. The number of rotatable bonds is 6. The second-order valence-electron chi connectivity index (χ2n) is 6.34. The number of piperazine rings is 1. The van der Waals surface area contributed by atoms with Gasteiger partial charge in [-0.05, 0) is 13.0 Å². The Balaban J connectivity index is 1.39. The quantitative estimate of drug-likeness (QED) is 0.837. The van der Waals surface area contributed by atoms with Crippen molar-refractivity contribution in [3.05, 3.63) is 34.5 Å². The van der Waals surface area contributed by atoms with Gasteiger partial charge in [-0.1, -0.05) is 6.92 Å². The third-order valence-corrected chi connectivity index (χ3v) is 5.43. The fourth-order valence-electron chi connectivity index (χ4n) is 2.77. The smallest absolute Gasteiger partial charge is 0.234 e. The maximum absolute atomic E-state index is 12.2. The van der Waals surface area contributed by atoms with E-state index in [1.807, 2.05) is 18.4 Å². The van der Waals surface area contributed by atoms with Gasteiger partial charge < -0.3 is 10.2 Å². The fourth-order valence-corrected chi connectivity index (χ4v) is 3.63. The molecule has 0 bridgehead atoms. The van der Waals surface area contributed by atoms with Crippen LogP contribution in [0.3, 0.4) is 0 Å². The van der Waals surface area contributed by atoms with Gasteiger partial charge in [0.25, 0.3) is 0 Å². The van der Waals surface area contributed by atoms with Gasteiger partial charge in [0.1, 0.15) is 0 Å². The number of nitrogens with zero attached hydrogens (tertiary/aromatic N) is 5. The van der Waals surface area contributed by atoms with Crippen molar-refractivity contribution < 1.29 is 4.79 Å². The van der Waals surface area contributed by atoms with Gasteiger partial charge in [0.2, 0.25) is 11.9 Å². The summed E-state index contributed by atoms with van der Waals surface area (Å²) in [5, 5.41) is 6.15. The van der Waals surface area contributed by atoms with E-state index in [9.17, 15) is 4.79 Å². The average molecular weight is 360 g/mol. The molecule has 1 aliphatic heterocycles. The molecular weight excluding hydrogens is 336 g/mol. The Kier molecular flexibility index (Phi) is 5.93. The molecule has 25 heavy (non-hydrogen) atoms. The van der Waals surface area contributed by atoms with Crippen LogP contribution in [0.25, 0.3) is 0 Å². The van der Waals surface area contributed by atoms with Crippen LogP contribution in [0.4, 0.5) is 5.95 Å². The van der Waals surface area contributed by atoms with Gasteiger partial charge in [0.15, 0.2) is 0 Å². The summed E-state index contributed by atoms with van der Waals surface area (Å²) < 4.78 is 0. The molecule has 1 atom stereocenters. The molecule has 0 radical (unpaired) electrons. The van der Waals surface area contributed by atoms with Crippen LogP contribution >= 0.6 is 11.3 Å². The number of amides is 1. The van der Waals surface area contributed by atoms with Crippen LogP contribution in [0.5, 0.6) is 0 Å². The normalized spacial score (nSPS) is 16.6. The van der Waals surface area contributed by atoms with Crippen molar-refractivity contribution in [3.63, 3.8) is 0 Å². The molecule has 3 heterocycles.